The van der Waals surface area contributed by atoms with Crippen LogP contribution in [0.2, 0.25) is 0 Å². The molecule has 2 atom stereocenters. The van der Waals surface area contributed by atoms with Gasteiger partial charge in [0.05, 0.1) is 24.3 Å². The summed E-state index contributed by atoms with van der Waals surface area (Å²) in [5, 5.41) is 0. The van der Waals surface area contributed by atoms with E-state index < -0.39 is 5.76 Å². The number of hydrogen-bond donors (Lipinski definition) is 0. The van der Waals surface area contributed by atoms with Crippen molar-refractivity contribution in [2.75, 3.05) is 13.2 Å². The number of benzene rings is 1. The van der Waals surface area contributed by atoms with Crippen LogP contribution in [0, 0.1) is 0 Å². The summed E-state index contributed by atoms with van der Waals surface area (Å²) in [6.45, 7) is 5.42. The summed E-state index contributed by atoms with van der Waals surface area (Å²) in [7, 11) is 0. The smallest absolute Gasteiger partial charge is 0.408 e. The van der Waals surface area contributed by atoms with Crippen molar-refractivity contribution in [2.24, 2.45) is 0 Å². The topological polar surface area (TPSA) is 64.7 Å². The van der Waals surface area contributed by atoms with Crippen LogP contribution in [0.15, 0.2) is 33.5 Å². The van der Waals surface area contributed by atoms with Crippen molar-refractivity contribution in [3.8, 4) is 0 Å². The van der Waals surface area contributed by atoms with Crippen molar-refractivity contribution in [3.63, 3.8) is 0 Å². The lowest BCUT2D eigenvalue weighted by Crippen LogP contribution is -2.50. The average Bonchev–Trinajstić information content (AvgIpc) is 2.82. The first-order chi connectivity index (χ1) is 10.6. The highest BCUT2D eigenvalue weighted by Crippen LogP contribution is 2.15. The van der Waals surface area contributed by atoms with E-state index in [0.717, 1.165) is 5.52 Å². The molecule has 0 unspecified atom stereocenters. The lowest BCUT2D eigenvalue weighted by Gasteiger charge is -2.36. The number of hydrogen-bond acceptors (Lipinski definition) is 4. The van der Waals surface area contributed by atoms with Gasteiger partial charge >= 0.3 is 5.76 Å². The molecule has 0 bridgehead atoms. The first-order valence-electron chi connectivity index (χ1n) is 7.55. The Morgan fingerprint density at radius 1 is 1.32 bits per heavy atom. The minimum absolute atomic E-state index is 0.0415. The number of oxazole rings is 1. The number of aryl methyl sites for hydroxylation is 1. The molecule has 1 fully saturated rings. The fraction of sp³-hybridized carbons (Fsp3) is 0.500. The Bertz CT molecular complexity index is 733. The molecule has 2 aromatic rings. The van der Waals surface area contributed by atoms with E-state index in [1.54, 1.807) is 6.07 Å². The number of carbonyl (C=O) groups is 1. The number of fused-ring (bicyclic) bond motifs is 1. The Morgan fingerprint density at radius 3 is 2.91 bits per heavy atom. The predicted octanol–water partition coefficient (Wildman–Crippen LogP) is 1.62. The Labute approximate surface area is 128 Å². The average molecular weight is 304 g/mol. The normalized spacial score (nSPS) is 22.2. The molecule has 6 heteroatoms. The van der Waals surface area contributed by atoms with E-state index >= 15 is 0 Å². The third kappa shape index (κ3) is 2.78. The molecule has 3 rings (SSSR count). The number of ether oxygens (including phenoxy) is 1. The van der Waals surface area contributed by atoms with E-state index in [2.05, 4.69) is 0 Å². The second kappa shape index (κ2) is 5.96. The zero-order valence-corrected chi connectivity index (χ0v) is 12.8. The SMILES string of the molecule is C[C@@H]1CN(C(=O)CCn2c(=O)oc3ccccc32)[C@H](C)CO1. The quantitative estimate of drug-likeness (QED) is 0.864. The summed E-state index contributed by atoms with van der Waals surface area (Å²) >= 11 is 0. The molecule has 1 saturated heterocycles. The molecule has 118 valence electrons. The number of nitrogens with zero attached hydrogens (tertiary/aromatic N) is 2. The predicted molar refractivity (Wildman–Crippen MR) is 81.7 cm³/mol. The highest BCUT2D eigenvalue weighted by molar-refractivity contribution is 5.77. The van der Waals surface area contributed by atoms with Gasteiger partial charge in [0.15, 0.2) is 5.58 Å². The molecule has 0 aliphatic carbocycles. The first kappa shape index (κ1) is 14.8. The Kier molecular flexibility index (Phi) is 4.02. The third-order valence-electron chi connectivity index (χ3n) is 4.05. The maximum absolute atomic E-state index is 12.4. The summed E-state index contributed by atoms with van der Waals surface area (Å²) in [4.78, 5) is 26.2. The van der Waals surface area contributed by atoms with Crippen molar-refractivity contribution in [2.45, 2.75) is 39.0 Å². The van der Waals surface area contributed by atoms with E-state index in [1.807, 2.05) is 36.9 Å². The Morgan fingerprint density at radius 2 is 2.09 bits per heavy atom. The molecule has 0 spiro atoms. The van der Waals surface area contributed by atoms with Gasteiger partial charge in [-0.2, -0.15) is 0 Å². The number of morpholine rings is 1. The van der Waals surface area contributed by atoms with Crippen LogP contribution < -0.4 is 5.76 Å². The lowest BCUT2D eigenvalue weighted by atomic mass is 10.2. The minimum atomic E-state index is -0.419. The summed E-state index contributed by atoms with van der Waals surface area (Å²) in [6.07, 6.45) is 0.332. The van der Waals surface area contributed by atoms with Gasteiger partial charge in [0.2, 0.25) is 5.91 Å². The number of amides is 1. The summed E-state index contributed by atoms with van der Waals surface area (Å²) in [5.74, 6) is -0.378. The Hall–Kier alpha value is -2.08. The van der Waals surface area contributed by atoms with Crippen LogP contribution >= 0.6 is 0 Å². The summed E-state index contributed by atoms with van der Waals surface area (Å²) in [5.41, 5.74) is 1.28. The second-order valence-corrected chi connectivity index (χ2v) is 5.78. The third-order valence-corrected chi connectivity index (χ3v) is 4.05. The van der Waals surface area contributed by atoms with E-state index in [1.165, 1.54) is 4.57 Å². The van der Waals surface area contributed by atoms with Crippen LogP contribution in [0.5, 0.6) is 0 Å². The molecule has 22 heavy (non-hydrogen) atoms. The molecule has 6 nitrogen and oxygen atoms in total. The van der Waals surface area contributed by atoms with Gasteiger partial charge < -0.3 is 14.1 Å². The fourth-order valence-electron chi connectivity index (χ4n) is 2.83. The molecule has 1 amide bonds. The van der Waals surface area contributed by atoms with Crippen molar-refractivity contribution in [1.29, 1.82) is 0 Å². The monoisotopic (exact) mass is 304 g/mol. The number of para-hydroxylation sites is 2. The molecule has 1 aromatic carbocycles. The van der Waals surface area contributed by atoms with Gasteiger partial charge in [-0.3, -0.25) is 9.36 Å². The maximum Gasteiger partial charge on any atom is 0.419 e. The minimum Gasteiger partial charge on any atom is -0.408 e. The van der Waals surface area contributed by atoms with Gasteiger partial charge in [0, 0.05) is 19.5 Å². The maximum atomic E-state index is 12.4. The largest absolute Gasteiger partial charge is 0.419 e. The molecule has 1 aliphatic heterocycles. The van der Waals surface area contributed by atoms with Gasteiger partial charge in [0.1, 0.15) is 0 Å². The molecule has 0 radical (unpaired) electrons. The zero-order valence-electron chi connectivity index (χ0n) is 12.8. The molecular formula is C16H20N2O4. The van der Waals surface area contributed by atoms with E-state index in [-0.39, 0.29) is 24.5 Å². The lowest BCUT2D eigenvalue weighted by molar-refractivity contribution is -0.143. The standard InChI is InChI=1S/C16H20N2O4/c1-11-10-21-12(2)9-18(11)15(19)7-8-17-13-5-3-4-6-14(13)22-16(17)20/h3-6,11-12H,7-10H2,1-2H3/t11-,12-/m1/s1. The highest BCUT2D eigenvalue weighted by Gasteiger charge is 2.27. The van der Waals surface area contributed by atoms with Crippen LogP contribution in [0.4, 0.5) is 0 Å². The van der Waals surface area contributed by atoms with Crippen LogP contribution in [-0.4, -0.2) is 40.7 Å². The molecule has 1 aliphatic rings. The highest BCUT2D eigenvalue weighted by atomic mass is 16.5. The van der Waals surface area contributed by atoms with Crippen molar-refractivity contribution in [1.82, 2.24) is 9.47 Å². The van der Waals surface area contributed by atoms with Gasteiger partial charge in [-0.1, -0.05) is 12.1 Å². The number of rotatable bonds is 3. The van der Waals surface area contributed by atoms with Crippen molar-refractivity contribution < 1.29 is 13.9 Å². The van der Waals surface area contributed by atoms with Gasteiger partial charge in [-0.25, -0.2) is 4.79 Å². The number of aromatic nitrogens is 1. The molecule has 0 N–H and O–H groups in total. The first-order valence-corrected chi connectivity index (χ1v) is 7.55. The van der Waals surface area contributed by atoms with Crippen molar-refractivity contribution >= 4 is 17.0 Å². The molecule has 1 aromatic heterocycles. The summed E-state index contributed by atoms with van der Waals surface area (Å²) in [6, 6.07) is 7.31. The molecule has 0 saturated carbocycles. The fourth-order valence-corrected chi connectivity index (χ4v) is 2.83. The Balaban J connectivity index is 1.72. The van der Waals surface area contributed by atoms with Gasteiger partial charge in [0.25, 0.3) is 0 Å². The second-order valence-electron chi connectivity index (χ2n) is 5.78. The van der Waals surface area contributed by atoms with Gasteiger partial charge in [-0.05, 0) is 26.0 Å². The van der Waals surface area contributed by atoms with E-state index in [4.69, 9.17) is 9.15 Å². The zero-order chi connectivity index (χ0) is 15.7. The van der Waals surface area contributed by atoms with Gasteiger partial charge in [-0.15, -0.1) is 0 Å². The van der Waals surface area contributed by atoms with Crippen LogP contribution in [0.25, 0.3) is 11.1 Å². The van der Waals surface area contributed by atoms with Crippen molar-refractivity contribution in [3.05, 3.63) is 34.8 Å². The van der Waals surface area contributed by atoms with E-state index in [9.17, 15) is 9.59 Å². The molecule has 2 heterocycles. The molecular weight excluding hydrogens is 284 g/mol. The van der Waals surface area contributed by atoms with Crippen LogP contribution in [0.3, 0.4) is 0 Å². The van der Waals surface area contributed by atoms with Crippen LogP contribution in [0.1, 0.15) is 20.3 Å². The van der Waals surface area contributed by atoms with E-state index in [0.29, 0.717) is 25.3 Å². The van der Waals surface area contributed by atoms with Crippen LogP contribution in [-0.2, 0) is 16.1 Å². The number of carbonyl (C=O) groups excluding carboxylic acids is 1. The summed E-state index contributed by atoms with van der Waals surface area (Å²) < 4.78 is 12.2.